The Labute approximate surface area is 320 Å². The summed E-state index contributed by atoms with van der Waals surface area (Å²) in [6, 6.07) is 0. The second-order valence-corrected chi connectivity index (χ2v) is 21.3. The molecular formula is C39H56F2O13S. The lowest BCUT2D eigenvalue weighted by molar-refractivity contribution is -0.280. The highest BCUT2D eigenvalue weighted by molar-refractivity contribution is 7.87. The highest BCUT2D eigenvalue weighted by Crippen LogP contribution is 2.62. The van der Waals surface area contributed by atoms with Gasteiger partial charge in [0.05, 0.1) is 41.2 Å². The summed E-state index contributed by atoms with van der Waals surface area (Å²) in [5.74, 6) is -2.52. The van der Waals surface area contributed by atoms with Crippen molar-refractivity contribution in [2.24, 2.45) is 51.8 Å². The van der Waals surface area contributed by atoms with Crippen molar-refractivity contribution in [3.63, 3.8) is 0 Å². The second kappa shape index (κ2) is 13.8. The summed E-state index contributed by atoms with van der Waals surface area (Å²) >= 11 is 0. The molecule has 3 N–H and O–H groups in total. The minimum Gasteiger partial charge on any atom is -0.464 e. The molecule has 0 amide bonds. The molecule has 8 saturated carbocycles. The minimum atomic E-state index is -6.04. The van der Waals surface area contributed by atoms with Gasteiger partial charge in [0.1, 0.15) is 18.8 Å². The molecule has 8 aliphatic carbocycles. The van der Waals surface area contributed by atoms with Crippen molar-refractivity contribution in [1.82, 2.24) is 0 Å². The smallest absolute Gasteiger partial charge is 0.464 e. The van der Waals surface area contributed by atoms with Gasteiger partial charge in [-0.3, -0.25) is 14.1 Å². The summed E-state index contributed by atoms with van der Waals surface area (Å²) in [5.41, 5.74) is -4.96. The zero-order valence-corrected chi connectivity index (χ0v) is 32.4. The molecular weight excluding hydrogens is 746 g/mol. The number of hydrogen-bond donors (Lipinski definition) is 3. The van der Waals surface area contributed by atoms with E-state index in [2.05, 4.69) is 6.92 Å². The molecule has 9 fully saturated rings. The van der Waals surface area contributed by atoms with E-state index in [1.165, 1.54) is 0 Å². The lowest BCUT2D eigenvalue weighted by atomic mass is 9.48. The Balaban J connectivity index is 0.976. The van der Waals surface area contributed by atoms with Crippen LogP contribution in [0.25, 0.3) is 0 Å². The third kappa shape index (κ3) is 7.47. The number of rotatable bonds is 10. The summed E-state index contributed by atoms with van der Waals surface area (Å²) < 4.78 is 90.4. The first-order valence-corrected chi connectivity index (χ1v) is 21.7. The van der Waals surface area contributed by atoms with E-state index in [9.17, 15) is 41.8 Å². The van der Waals surface area contributed by atoms with Crippen molar-refractivity contribution >= 4 is 28.0 Å². The average Bonchev–Trinajstić information content (AvgIpc) is 3.07. The molecule has 0 aromatic heterocycles. The highest BCUT2D eigenvalue weighted by Gasteiger charge is 2.62. The van der Waals surface area contributed by atoms with Crippen LogP contribution >= 0.6 is 0 Å². The third-order valence-electron chi connectivity index (χ3n) is 14.8. The number of carbonyl (C=O) groups is 3. The van der Waals surface area contributed by atoms with Crippen LogP contribution in [0.2, 0.25) is 0 Å². The first-order valence-electron chi connectivity index (χ1n) is 20.3. The van der Waals surface area contributed by atoms with E-state index in [-0.39, 0.29) is 75.3 Å². The molecule has 9 rings (SSSR count). The molecule has 0 aromatic carbocycles. The van der Waals surface area contributed by atoms with E-state index < -0.39 is 73.1 Å². The fourth-order valence-electron chi connectivity index (χ4n) is 13.4. The van der Waals surface area contributed by atoms with E-state index in [0.717, 1.165) is 19.3 Å². The highest BCUT2D eigenvalue weighted by atomic mass is 32.2. The van der Waals surface area contributed by atoms with Crippen molar-refractivity contribution in [2.45, 2.75) is 145 Å². The molecule has 1 heterocycles. The Bertz CT molecular complexity index is 1580. The summed E-state index contributed by atoms with van der Waals surface area (Å²) in [6.45, 7) is 1.69. The van der Waals surface area contributed by atoms with Gasteiger partial charge in [0, 0.05) is 5.92 Å². The van der Waals surface area contributed by atoms with Gasteiger partial charge in [-0.25, -0.2) is 4.79 Å². The maximum Gasteiger partial charge on any atom is 0.465 e. The average molecular weight is 803 g/mol. The molecule has 8 bridgehead atoms. The zero-order chi connectivity index (χ0) is 39.2. The normalized spacial score (nSPS) is 46.4. The molecule has 16 heteroatoms. The molecule has 0 spiro atoms. The Morgan fingerprint density at radius 1 is 0.800 bits per heavy atom. The molecule has 13 nitrogen and oxygen atoms in total. The zero-order valence-electron chi connectivity index (χ0n) is 31.6. The molecule has 9 aliphatic rings. The summed E-state index contributed by atoms with van der Waals surface area (Å²) in [6.07, 6.45) is 8.23. The second-order valence-electron chi connectivity index (χ2n) is 19.8. The Kier molecular flexibility index (Phi) is 10.0. The van der Waals surface area contributed by atoms with Crippen LogP contribution in [0.4, 0.5) is 8.78 Å². The predicted molar refractivity (Wildman–Crippen MR) is 186 cm³/mol. The van der Waals surface area contributed by atoms with E-state index in [4.69, 9.17) is 28.2 Å². The fraction of sp³-hybridized carbons (Fsp3) is 0.923. The summed E-state index contributed by atoms with van der Waals surface area (Å²) in [7, 11) is -6.04. The first-order chi connectivity index (χ1) is 25.7. The van der Waals surface area contributed by atoms with Gasteiger partial charge >= 0.3 is 33.3 Å². The number of hydrogen-bond acceptors (Lipinski definition) is 12. The molecule has 55 heavy (non-hydrogen) atoms. The number of ether oxygens (including phenoxy) is 5. The van der Waals surface area contributed by atoms with E-state index in [1.807, 2.05) is 0 Å². The molecule has 9 atom stereocenters. The van der Waals surface area contributed by atoms with Gasteiger partial charge in [-0.15, -0.1) is 0 Å². The maximum atomic E-state index is 14.3. The minimum absolute atomic E-state index is 0.0378. The maximum absolute atomic E-state index is 14.3. The topological polar surface area (TPSA) is 192 Å². The lowest BCUT2D eigenvalue weighted by Crippen LogP contribution is -2.59. The van der Waals surface area contributed by atoms with Crippen LogP contribution in [0.5, 0.6) is 0 Å². The van der Waals surface area contributed by atoms with Crippen LogP contribution in [0.3, 0.4) is 0 Å². The molecule has 0 radical (unpaired) electrons. The quantitative estimate of drug-likeness (QED) is 0.157. The van der Waals surface area contributed by atoms with Gasteiger partial charge in [0.15, 0.2) is 6.29 Å². The van der Waals surface area contributed by atoms with Crippen molar-refractivity contribution in [1.29, 1.82) is 0 Å². The number of halogens is 2. The molecule has 1 aliphatic heterocycles. The lowest BCUT2D eigenvalue weighted by Gasteiger charge is -2.58. The molecule has 1 saturated heterocycles. The van der Waals surface area contributed by atoms with Crippen LogP contribution in [0.1, 0.15) is 116 Å². The van der Waals surface area contributed by atoms with Gasteiger partial charge in [0.25, 0.3) is 0 Å². The number of carbonyl (C=O) groups excluding carboxylic acids is 3. The summed E-state index contributed by atoms with van der Waals surface area (Å²) in [4.78, 5) is 40.4. The monoisotopic (exact) mass is 802 g/mol. The van der Waals surface area contributed by atoms with E-state index in [1.54, 1.807) is 0 Å². The molecule has 9 unspecified atom stereocenters. The fourth-order valence-corrected chi connectivity index (χ4v) is 13.6. The number of aliphatic hydroxyl groups is 2. The van der Waals surface area contributed by atoms with Gasteiger partial charge < -0.3 is 33.9 Å². The van der Waals surface area contributed by atoms with Gasteiger partial charge in [-0.2, -0.15) is 17.2 Å². The van der Waals surface area contributed by atoms with Crippen LogP contribution in [-0.4, -0.2) is 96.4 Å². The van der Waals surface area contributed by atoms with E-state index in [0.29, 0.717) is 76.5 Å². The van der Waals surface area contributed by atoms with Gasteiger partial charge in [-0.1, -0.05) is 13.3 Å². The van der Waals surface area contributed by atoms with Crippen molar-refractivity contribution in [3.8, 4) is 0 Å². The number of alkyl halides is 2. The van der Waals surface area contributed by atoms with Crippen LogP contribution in [-0.2, 0) is 48.2 Å². The molecule has 310 valence electrons. The molecule has 0 aromatic rings. The van der Waals surface area contributed by atoms with Crippen molar-refractivity contribution < 1.29 is 70.0 Å². The Hall–Kier alpha value is -1.98. The van der Waals surface area contributed by atoms with Crippen molar-refractivity contribution in [3.05, 3.63) is 0 Å². The SMILES string of the molecule is CC1CC2CC(O)CC(C(=O)OCC3(COC(=O)C45CC6CC(CC(O)(C6)C4)C5)COC(C4CC5CCCC(OC(=O)C(F)(F)S(=O)(=O)O)(C5)C4)OC3)(C1)C2. The first kappa shape index (κ1) is 39.8. The number of fused-ring (bicyclic) bond motifs is 4. The standard InChI is InChI=1S/C39H56F2O13S/c1-23-5-25-8-29(42)17-35(9-23,10-25)31(43)52-21-34(22-53-32(44)36-11-26-6-27(12-36)14-37(46,13-26)18-36)19-50-30(51-20-34)28-7-24-3-2-4-38(15-24,16-28)54-33(45)39(40,41)55(47,48)49/h23-30,42,46H,2-22H2,1H3,(H,47,48,49). The van der Waals surface area contributed by atoms with Gasteiger partial charge in [0.2, 0.25) is 0 Å². The van der Waals surface area contributed by atoms with Crippen LogP contribution < -0.4 is 0 Å². The van der Waals surface area contributed by atoms with Gasteiger partial charge in [-0.05, 0) is 132 Å². The summed E-state index contributed by atoms with van der Waals surface area (Å²) in [5, 5.41) is 16.9. The Morgan fingerprint density at radius 3 is 2.07 bits per heavy atom. The number of aliphatic hydroxyl groups excluding tert-OH is 1. The van der Waals surface area contributed by atoms with Crippen LogP contribution in [0.15, 0.2) is 0 Å². The van der Waals surface area contributed by atoms with E-state index >= 15 is 0 Å². The third-order valence-corrected chi connectivity index (χ3v) is 15.7. The largest absolute Gasteiger partial charge is 0.465 e. The predicted octanol–water partition coefficient (Wildman–Crippen LogP) is 4.70. The Morgan fingerprint density at radius 2 is 1.44 bits per heavy atom. The van der Waals surface area contributed by atoms with Crippen molar-refractivity contribution in [2.75, 3.05) is 26.4 Å². The number of esters is 3. The van der Waals surface area contributed by atoms with Crippen LogP contribution in [0, 0.1) is 51.8 Å².